The molecule has 0 saturated heterocycles. The summed E-state index contributed by atoms with van der Waals surface area (Å²) < 4.78 is 27.5. The summed E-state index contributed by atoms with van der Waals surface area (Å²) in [6, 6.07) is 2.91. The fraction of sp³-hybridized carbons (Fsp3) is 0.286. The molecule has 2 N–H and O–H groups in total. The molecule has 1 aromatic rings. The molecule has 0 aliphatic heterocycles. The van der Waals surface area contributed by atoms with E-state index >= 15 is 0 Å². The topological polar surface area (TPSA) is 48.1 Å². The first-order valence-corrected chi connectivity index (χ1v) is 3.27. The Morgan fingerprint density at radius 1 is 1.50 bits per heavy atom. The van der Waals surface area contributed by atoms with Crippen molar-refractivity contribution in [2.45, 2.75) is 13.5 Å². The number of nitrogens with two attached hydrogens (primary N) is 1. The number of anilines is 1. The van der Waals surface area contributed by atoms with Crippen LogP contribution in [0.3, 0.4) is 0 Å². The van der Waals surface area contributed by atoms with Gasteiger partial charge in [0, 0.05) is 5.69 Å². The molecule has 0 amide bonds. The summed E-state index contributed by atoms with van der Waals surface area (Å²) in [4.78, 5) is 3.75. The quantitative estimate of drug-likeness (QED) is 0.740. The molecule has 0 unspecified atom stereocenters. The Bertz CT molecular complexity index is 278. The Kier molecular flexibility index (Phi) is 2.42. The molecule has 0 fully saturated rings. The van der Waals surface area contributed by atoms with Gasteiger partial charge >= 0.3 is 6.61 Å². The van der Waals surface area contributed by atoms with Crippen LogP contribution < -0.4 is 10.5 Å². The van der Waals surface area contributed by atoms with Crippen molar-refractivity contribution >= 4 is 5.82 Å². The number of pyridine rings is 1. The lowest BCUT2D eigenvalue weighted by Crippen LogP contribution is -2.05. The van der Waals surface area contributed by atoms with Gasteiger partial charge in [0.25, 0.3) is 0 Å². The summed E-state index contributed by atoms with van der Waals surface area (Å²) in [5.41, 5.74) is 5.96. The molecule has 0 aromatic carbocycles. The van der Waals surface area contributed by atoms with Crippen LogP contribution in [0, 0.1) is 6.92 Å². The van der Waals surface area contributed by atoms with E-state index in [0.29, 0.717) is 5.69 Å². The van der Waals surface area contributed by atoms with Crippen molar-refractivity contribution in [1.82, 2.24) is 4.98 Å². The van der Waals surface area contributed by atoms with E-state index < -0.39 is 6.61 Å². The first-order valence-electron chi connectivity index (χ1n) is 3.27. The molecular weight excluding hydrogens is 166 g/mol. The highest BCUT2D eigenvalue weighted by atomic mass is 19.3. The number of hydrogen-bond acceptors (Lipinski definition) is 3. The van der Waals surface area contributed by atoms with Gasteiger partial charge in [0.1, 0.15) is 0 Å². The van der Waals surface area contributed by atoms with Crippen molar-refractivity contribution in [1.29, 1.82) is 0 Å². The molecule has 66 valence electrons. The standard InChI is InChI=1S/C7H8F2N2O/c1-4-2-3-5(6(10)11-4)12-7(8)9/h2-3,7H,1H3,(H2,10,11). The molecule has 0 aliphatic rings. The summed E-state index contributed by atoms with van der Waals surface area (Å²) in [7, 11) is 0. The fourth-order valence-corrected chi connectivity index (χ4v) is 0.760. The van der Waals surface area contributed by atoms with Crippen molar-refractivity contribution in [3.63, 3.8) is 0 Å². The maximum atomic E-state index is 11.7. The lowest BCUT2D eigenvalue weighted by molar-refractivity contribution is -0.0495. The van der Waals surface area contributed by atoms with E-state index in [2.05, 4.69) is 9.72 Å². The highest BCUT2D eigenvalue weighted by molar-refractivity contribution is 5.46. The maximum Gasteiger partial charge on any atom is 0.387 e. The third-order valence-corrected chi connectivity index (χ3v) is 1.24. The van der Waals surface area contributed by atoms with Crippen molar-refractivity contribution in [3.05, 3.63) is 17.8 Å². The fourth-order valence-electron chi connectivity index (χ4n) is 0.760. The van der Waals surface area contributed by atoms with Gasteiger partial charge in [-0.1, -0.05) is 0 Å². The van der Waals surface area contributed by atoms with Gasteiger partial charge in [0.15, 0.2) is 11.6 Å². The van der Waals surface area contributed by atoms with Gasteiger partial charge in [0.05, 0.1) is 0 Å². The van der Waals surface area contributed by atoms with Gasteiger partial charge in [-0.25, -0.2) is 4.98 Å². The number of halogens is 2. The zero-order valence-electron chi connectivity index (χ0n) is 6.42. The molecule has 1 rings (SSSR count). The van der Waals surface area contributed by atoms with E-state index in [-0.39, 0.29) is 11.6 Å². The Morgan fingerprint density at radius 2 is 2.17 bits per heavy atom. The van der Waals surface area contributed by atoms with E-state index in [1.807, 2.05) is 0 Å². The SMILES string of the molecule is Cc1ccc(OC(F)F)c(N)n1. The van der Waals surface area contributed by atoms with Gasteiger partial charge in [-0.05, 0) is 19.1 Å². The molecule has 0 bridgehead atoms. The van der Waals surface area contributed by atoms with E-state index in [0.717, 1.165) is 0 Å². The molecule has 1 aromatic heterocycles. The lowest BCUT2D eigenvalue weighted by Gasteiger charge is -2.06. The Labute approximate surface area is 68.2 Å². The Hall–Kier alpha value is -1.39. The van der Waals surface area contributed by atoms with Crippen LogP contribution in [-0.2, 0) is 0 Å². The van der Waals surface area contributed by atoms with Crippen LogP contribution in [0.1, 0.15) is 5.69 Å². The van der Waals surface area contributed by atoms with Crippen LogP contribution in [0.15, 0.2) is 12.1 Å². The third kappa shape index (κ3) is 2.05. The van der Waals surface area contributed by atoms with E-state index in [4.69, 9.17) is 5.73 Å². The number of aryl methyl sites for hydroxylation is 1. The van der Waals surface area contributed by atoms with Crippen molar-refractivity contribution in [2.24, 2.45) is 0 Å². The van der Waals surface area contributed by atoms with E-state index in [1.165, 1.54) is 6.07 Å². The van der Waals surface area contributed by atoms with Gasteiger partial charge in [-0.15, -0.1) is 0 Å². The molecule has 0 saturated carbocycles. The van der Waals surface area contributed by atoms with Gasteiger partial charge < -0.3 is 10.5 Å². The number of aromatic nitrogens is 1. The lowest BCUT2D eigenvalue weighted by atomic mass is 10.3. The summed E-state index contributed by atoms with van der Waals surface area (Å²) in [5.74, 6) is -0.106. The van der Waals surface area contributed by atoms with Gasteiger partial charge in [-0.2, -0.15) is 8.78 Å². The second-order valence-electron chi connectivity index (χ2n) is 2.21. The number of alkyl halides is 2. The predicted molar refractivity (Wildman–Crippen MR) is 40.0 cm³/mol. The summed E-state index contributed by atoms with van der Waals surface area (Å²) in [5, 5.41) is 0. The van der Waals surface area contributed by atoms with Gasteiger partial charge in [0.2, 0.25) is 0 Å². The smallest absolute Gasteiger partial charge is 0.387 e. The monoisotopic (exact) mass is 174 g/mol. The second kappa shape index (κ2) is 3.34. The Balaban J connectivity index is 2.86. The van der Waals surface area contributed by atoms with Crippen LogP contribution in [0.25, 0.3) is 0 Å². The number of ether oxygens (including phenoxy) is 1. The number of nitrogens with zero attached hydrogens (tertiary/aromatic N) is 1. The van der Waals surface area contributed by atoms with Crippen molar-refractivity contribution in [2.75, 3.05) is 5.73 Å². The highest BCUT2D eigenvalue weighted by Gasteiger charge is 2.07. The summed E-state index contributed by atoms with van der Waals surface area (Å²) >= 11 is 0. The number of hydrogen-bond donors (Lipinski definition) is 1. The average molecular weight is 174 g/mol. The molecule has 1 heterocycles. The normalized spacial score (nSPS) is 10.3. The van der Waals surface area contributed by atoms with Crippen LogP contribution >= 0.6 is 0 Å². The minimum atomic E-state index is -2.86. The van der Waals surface area contributed by atoms with Crippen molar-refractivity contribution < 1.29 is 13.5 Å². The Morgan fingerprint density at radius 3 is 2.67 bits per heavy atom. The molecule has 12 heavy (non-hydrogen) atoms. The van der Waals surface area contributed by atoms with Crippen LogP contribution in [0.5, 0.6) is 5.75 Å². The molecule has 0 atom stereocenters. The molecule has 0 radical (unpaired) electrons. The van der Waals surface area contributed by atoms with E-state index in [1.54, 1.807) is 13.0 Å². The van der Waals surface area contributed by atoms with Crippen LogP contribution in [-0.4, -0.2) is 11.6 Å². The summed E-state index contributed by atoms with van der Waals surface area (Å²) in [6.07, 6.45) is 0. The summed E-state index contributed by atoms with van der Waals surface area (Å²) in [6.45, 7) is -1.15. The first kappa shape index (κ1) is 8.70. The minimum absolute atomic E-state index is 0.0182. The van der Waals surface area contributed by atoms with Gasteiger partial charge in [-0.3, -0.25) is 0 Å². The largest absolute Gasteiger partial charge is 0.431 e. The molecule has 5 heteroatoms. The second-order valence-corrected chi connectivity index (χ2v) is 2.21. The molecule has 3 nitrogen and oxygen atoms in total. The predicted octanol–water partition coefficient (Wildman–Crippen LogP) is 1.57. The van der Waals surface area contributed by atoms with Crippen LogP contribution in [0.4, 0.5) is 14.6 Å². The first-order chi connectivity index (χ1) is 5.59. The average Bonchev–Trinajstić information content (AvgIpc) is 1.94. The maximum absolute atomic E-state index is 11.7. The minimum Gasteiger partial charge on any atom is -0.431 e. The van der Waals surface area contributed by atoms with Crippen molar-refractivity contribution in [3.8, 4) is 5.75 Å². The number of rotatable bonds is 2. The molecular formula is C7H8F2N2O. The zero-order chi connectivity index (χ0) is 9.14. The van der Waals surface area contributed by atoms with Crippen LogP contribution in [0.2, 0.25) is 0 Å². The number of nitrogen functional groups attached to an aromatic ring is 1. The highest BCUT2D eigenvalue weighted by Crippen LogP contribution is 2.20. The zero-order valence-corrected chi connectivity index (χ0v) is 6.42. The molecule has 0 aliphatic carbocycles. The molecule has 0 spiro atoms. The third-order valence-electron chi connectivity index (χ3n) is 1.24. The van der Waals surface area contributed by atoms with E-state index in [9.17, 15) is 8.78 Å².